The van der Waals surface area contributed by atoms with E-state index >= 15 is 0 Å². The zero-order chi connectivity index (χ0) is 17.1. The SMILES string of the molecule is CC(C)c1cc(C(=O)N2C[C@@H](CN3CCCCC3)[C@@H](CO)C2)n[nH]1. The van der Waals surface area contributed by atoms with Gasteiger partial charge in [-0.25, -0.2) is 0 Å². The minimum Gasteiger partial charge on any atom is -0.396 e. The second-order valence-corrected chi connectivity index (χ2v) is 7.64. The average molecular weight is 334 g/mol. The Morgan fingerprint density at radius 2 is 2.00 bits per heavy atom. The lowest BCUT2D eigenvalue weighted by molar-refractivity contribution is 0.0772. The van der Waals surface area contributed by atoms with Crippen molar-refractivity contribution < 1.29 is 9.90 Å². The number of nitrogens with one attached hydrogen (secondary N) is 1. The minimum absolute atomic E-state index is 0.0160. The summed E-state index contributed by atoms with van der Waals surface area (Å²) in [5, 5.41) is 16.9. The second-order valence-electron chi connectivity index (χ2n) is 7.64. The number of hydrogen-bond acceptors (Lipinski definition) is 4. The van der Waals surface area contributed by atoms with Crippen LogP contribution < -0.4 is 0 Å². The molecule has 2 aliphatic rings. The molecule has 134 valence electrons. The van der Waals surface area contributed by atoms with Crippen LogP contribution in [0.5, 0.6) is 0 Å². The fraction of sp³-hybridized carbons (Fsp3) is 0.778. The molecule has 6 heteroatoms. The van der Waals surface area contributed by atoms with E-state index in [1.54, 1.807) is 0 Å². The molecule has 0 bridgehead atoms. The van der Waals surface area contributed by atoms with Crippen molar-refractivity contribution >= 4 is 5.91 Å². The van der Waals surface area contributed by atoms with E-state index in [1.165, 1.54) is 19.3 Å². The number of aliphatic hydroxyl groups is 1. The molecule has 6 nitrogen and oxygen atoms in total. The first-order valence-corrected chi connectivity index (χ1v) is 9.26. The van der Waals surface area contributed by atoms with Crippen LogP contribution in [0.2, 0.25) is 0 Å². The highest BCUT2D eigenvalue weighted by Gasteiger charge is 2.36. The number of aromatic amines is 1. The molecule has 2 saturated heterocycles. The third kappa shape index (κ3) is 3.81. The van der Waals surface area contributed by atoms with E-state index in [4.69, 9.17) is 0 Å². The first-order valence-electron chi connectivity index (χ1n) is 9.26. The fourth-order valence-electron chi connectivity index (χ4n) is 3.90. The first kappa shape index (κ1) is 17.4. The monoisotopic (exact) mass is 334 g/mol. The van der Waals surface area contributed by atoms with E-state index < -0.39 is 0 Å². The largest absolute Gasteiger partial charge is 0.396 e. The maximum atomic E-state index is 12.7. The van der Waals surface area contributed by atoms with Crippen LogP contribution in [-0.2, 0) is 0 Å². The summed E-state index contributed by atoms with van der Waals surface area (Å²) >= 11 is 0. The fourth-order valence-corrected chi connectivity index (χ4v) is 3.90. The van der Waals surface area contributed by atoms with Crippen LogP contribution in [0.1, 0.15) is 55.2 Å². The molecule has 0 aromatic carbocycles. The Bertz CT molecular complexity index is 551. The van der Waals surface area contributed by atoms with E-state index in [0.29, 0.717) is 24.1 Å². The number of nitrogens with zero attached hydrogens (tertiary/aromatic N) is 3. The van der Waals surface area contributed by atoms with Gasteiger partial charge in [-0.1, -0.05) is 20.3 Å². The highest BCUT2D eigenvalue weighted by atomic mass is 16.3. The summed E-state index contributed by atoms with van der Waals surface area (Å²) in [6.45, 7) is 8.97. The Hall–Kier alpha value is -1.40. The Morgan fingerprint density at radius 1 is 1.29 bits per heavy atom. The Labute approximate surface area is 144 Å². The van der Waals surface area contributed by atoms with E-state index in [2.05, 4.69) is 28.9 Å². The molecule has 1 amide bonds. The van der Waals surface area contributed by atoms with Crippen molar-refractivity contribution in [1.29, 1.82) is 0 Å². The molecule has 24 heavy (non-hydrogen) atoms. The number of aliphatic hydroxyl groups excluding tert-OH is 1. The van der Waals surface area contributed by atoms with Gasteiger partial charge in [0.25, 0.3) is 5.91 Å². The molecule has 3 rings (SSSR count). The number of rotatable bonds is 5. The van der Waals surface area contributed by atoms with Crippen molar-refractivity contribution in [3.8, 4) is 0 Å². The van der Waals surface area contributed by atoms with Gasteiger partial charge in [-0.3, -0.25) is 9.89 Å². The number of amides is 1. The molecule has 0 unspecified atom stereocenters. The lowest BCUT2D eigenvalue weighted by Gasteiger charge is -2.30. The van der Waals surface area contributed by atoms with E-state index in [9.17, 15) is 9.90 Å². The summed E-state index contributed by atoms with van der Waals surface area (Å²) < 4.78 is 0. The van der Waals surface area contributed by atoms with Crippen LogP contribution in [0.4, 0.5) is 0 Å². The van der Waals surface area contributed by atoms with E-state index in [-0.39, 0.29) is 18.4 Å². The highest BCUT2D eigenvalue weighted by Crippen LogP contribution is 2.26. The van der Waals surface area contributed by atoms with Gasteiger partial charge < -0.3 is 14.9 Å². The van der Waals surface area contributed by atoms with Gasteiger partial charge >= 0.3 is 0 Å². The van der Waals surface area contributed by atoms with Gasteiger partial charge in [0.05, 0.1) is 0 Å². The van der Waals surface area contributed by atoms with Crippen molar-refractivity contribution in [3.63, 3.8) is 0 Å². The number of hydrogen-bond donors (Lipinski definition) is 2. The molecule has 1 aromatic rings. The molecule has 3 heterocycles. The van der Waals surface area contributed by atoms with Crippen molar-refractivity contribution in [3.05, 3.63) is 17.5 Å². The van der Waals surface area contributed by atoms with Crippen LogP contribution in [0, 0.1) is 11.8 Å². The van der Waals surface area contributed by atoms with Gasteiger partial charge in [0.15, 0.2) is 0 Å². The van der Waals surface area contributed by atoms with E-state index in [0.717, 1.165) is 31.9 Å². The van der Waals surface area contributed by atoms with Crippen LogP contribution in [-0.4, -0.2) is 70.3 Å². The van der Waals surface area contributed by atoms with Gasteiger partial charge in [0.1, 0.15) is 5.69 Å². The summed E-state index contributed by atoms with van der Waals surface area (Å²) in [7, 11) is 0. The van der Waals surface area contributed by atoms with Crippen LogP contribution in [0.15, 0.2) is 6.07 Å². The number of H-pyrrole nitrogens is 1. The molecule has 2 fully saturated rings. The number of carbonyl (C=O) groups excluding carboxylic acids is 1. The molecular formula is C18H30N4O2. The third-order valence-corrected chi connectivity index (χ3v) is 5.48. The molecule has 2 N–H and O–H groups in total. The third-order valence-electron chi connectivity index (χ3n) is 5.48. The van der Waals surface area contributed by atoms with Gasteiger partial charge in [-0.2, -0.15) is 5.10 Å². The summed E-state index contributed by atoms with van der Waals surface area (Å²) in [6, 6.07) is 1.86. The number of piperidine rings is 1. The average Bonchev–Trinajstić information content (AvgIpc) is 3.22. The molecule has 0 aliphatic carbocycles. The quantitative estimate of drug-likeness (QED) is 0.860. The topological polar surface area (TPSA) is 72.5 Å². The standard InChI is InChI=1S/C18H30N4O2/c1-13(2)16-8-17(20-19-16)18(24)22-10-14(15(11-22)12-23)9-21-6-4-3-5-7-21/h8,13-15,23H,3-7,9-12H2,1-2H3,(H,19,20)/t14-,15-/m1/s1. The lowest BCUT2D eigenvalue weighted by atomic mass is 9.95. The van der Waals surface area contributed by atoms with Gasteiger partial charge in [0, 0.05) is 37.9 Å². The van der Waals surface area contributed by atoms with Crippen LogP contribution in [0.25, 0.3) is 0 Å². The number of carbonyl (C=O) groups is 1. The number of likely N-dealkylation sites (tertiary alicyclic amines) is 2. The zero-order valence-electron chi connectivity index (χ0n) is 14.9. The normalized spacial score (nSPS) is 25.6. The summed E-state index contributed by atoms with van der Waals surface area (Å²) in [5.41, 5.74) is 1.48. The Balaban J connectivity index is 1.62. The van der Waals surface area contributed by atoms with Crippen molar-refractivity contribution in [2.75, 3.05) is 39.3 Å². The van der Waals surface area contributed by atoms with Crippen molar-refractivity contribution in [1.82, 2.24) is 20.0 Å². The molecule has 0 radical (unpaired) electrons. The maximum Gasteiger partial charge on any atom is 0.274 e. The molecule has 0 spiro atoms. The van der Waals surface area contributed by atoms with Crippen LogP contribution in [0.3, 0.4) is 0 Å². The highest BCUT2D eigenvalue weighted by molar-refractivity contribution is 5.92. The second kappa shape index (κ2) is 7.66. The smallest absolute Gasteiger partial charge is 0.274 e. The number of aromatic nitrogens is 2. The Morgan fingerprint density at radius 3 is 2.62 bits per heavy atom. The van der Waals surface area contributed by atoms with E-state index in [1.807, 2.05) is 11.0 Å². The van der Waals surface area contributed by atoms with Crippen molar-refractivity contribution in [2.24, 2.45) is 11.8 Å². The van der Waals surface area contributed by atoms with Gasteiger partial charge in [0.2, 0.25) is 0 Å². The molecule has 2 atom stereocenters. The van der Waals surface area contributed by atoms with Crippen LogP contribution >= 0.6 is 0 Å². The van der Waals surface area contributed by atoms with Gasteiger partial charge in [-0.05, 0) is 43.8 Å². The summed E-state index contributed by atoms with van der Waals surface area (Å²) in [5.74, 6) is 0.854. The molecule has 0 saturated carbocycles. The maximum absolute atomic E-state index is 12.7. The predicted molar refractivity (Wildman–Crippen MR) is 92.9 cm³/mol. The van der Waals surface area contributed by atoms with Crippen molar-refractivity contribution in [2.45, 2.75) is 39.0 Å². The molecule has 1 aromatic heterocycles. The summed E-state index contributed by atoms with van der Waals surface area (Å²) in [4.78, 5) is 17.1. The zero-order valence-corrected chi connectivity index (χ0v) is 14.9. The Kier molecular flexibility index (Phi) is 5.56. The van der Waals surface area contributed by atoms with Gasteiger partial charge in [-0.15, -0.1) is 0 Å². The predicted octanol–water partition coefficient (Wildman–Crippen LogP) is 1.70. The molecular weight excluding hydrogens is 304 g/mol. The minimum atomic E-state index is -0.0160. The lowest BCUT2D eigenvalue weighted by Crippen LogP contribution is -2.37. The molecule has 2 aliphatic heterocycles. The first-order chi connectivity index (χ1) is 11.6. The summed E-state index contributed by atoms with van der Waals surface area (Å²) in [6.07, 6.45) is 3.86.